The SMILES string of the molecule is COc1ncc2c(n1)CN(Cc1ccc(C(=O)OCCCCO[N+](=O)O)cc1)CCS2. The molecule has 0 radical (unpaired) electrons. The quantitative estimate of drug-likeness (QED) is 0.330. The number of rotatable bonds is 10. The number of nitrogens with zero attached hydrogens (tertiary/aromatic N) is 4. The van der Waals surface area contributed by atoms with Crippen molar-refractivity contribution < 1.29 is 29.4 Å². The van der Waals surface area contributed by atoms with Crippen molar-refractivity contribution in [1.29, 1.82) is 0 Å². The Morgan fingerprint density at radius 1 is 1.26 bits per heavy atom. The van der Waals surface area contributed by atoms with E-state index in [1.807, 2.05) is 18.3 Å². The molecule has 11 heteroatoms. The average molecular weight is 450 g/mol. The zero-order valence-corrected chi connectivity index (χ0v) is 18.0. The lowest BCUT2D eigenvalue weighted by molar-refractivity contribution is -0.975. The van der Waals surface area contributed by atoms with Crippen LogP contribution >= 0.6 is 11.8 Å². The maximum atomic E-state index is 12.1. The molecule has 31 heavy (non-hydrogen) atoms. The molecular formula is C20H25N4O6S+. The molecule has 2 aromatic rings. The van der Waals surface area contributed by atoms with E-state index in [1.54, 1.807) is 31.0 Å². The molecule has 0 aliphatic carbocycles. The largest absolute Gasteiger partial charge is 0.475 e. The van der Waals surface area contributed by atoms with Crippen molar-refractivity contribution in [3.63, 3.8) is 0 Å². The third kappa shape index (κ3) is 7.07. The number of hydrogen-bond acceptors (Lipinski definition) is 9. The zero-order chi connectivity index (χ0) is 22.1. The number of ether oxygens (including phenoxy) is 2. The van der Waals surface area contributed by atoms with Crippen LogP contribution in [0.3, 0.4) is 0 Å². The van der Waals surface area contributed by atoms with Crippen molar-refractivity contribution >= 4 is 17.7 Å². The van der Waals surface area contributed by atoms with Gasteiger partial charge in [-0.1, -0.05) is 12.1 Å². The van der Waals surface area contributed by atoms with Crippen LogP contribution in [-0.2, 0) is 22.7 Å². The second-order valence-corrected chi connectivity index (χ2v) is 7.97. The number of esters is 1. The summed E-state index contributed by atoms with van der Waals surface area (Å²) in [5.74, 6) is 0.549. The molecule has 0 spiro atoms. The Hall–Kier alpha value is -2.92. The van der Waals surface area contributed by atoms with Gasteiger partial charge in [0.1, 0.15) is 4.91 Å². The molecule has 0 bridgehead atoms. The van der Waals surface area contributed by atoms with Gasteiger partial charge in [0.2, 0.25) is 0 Å². The van der Waals surface area contributed by atoms with Crippen LogP contribution in [0.15, 0.2) is 35.4 Å². The maximum Gasteiger partial charge on any atom is 0.475 e. The van der Waals surface area contributed by atoms with Crippen molar-refractivity contribution in [1.82, 2.24) is 14.9 Å². The molecule has 1 aliphatic rings. The Balaban J connectivity index is 1.48. The Morgan fingerprint density at radius 2 is 2.03 bits per heavy atom. The molecule has 1 aromatic heterocycles. The predicted octanol–water partition coefficient (Wildman–Crippen LogP) is 2.63. The summed E-state index contributed by atoms with van der Waals surface area (Å²) in [6, 6.07) is 7.74. The van der Waals surface area contributed by atoms with E-state index in [0.717, 1.165) is 35.0 Å². The van der Waals surface area contributed by atoms with Gasteiger partial charge in [-0.15, -0.1) is 11.8 Å². The number of hydrogen-bond donors (Lipinski definition) is 1. The van der Waals surface area contributed by atoms with Gasteiger partial charge in [-0.05, 0) is 30.5 Å². The van der Waals surface area contributed by atoms with Crippen LogP contribution in [0.4, 0.5) is 0 Å². The van der Waals surface area contributed by atoms with Crippen LogP contribution in [0.1, 0.15) is 34.5 Å². The molecule has 1 aliphatic heterocycles. The Labute approximate surface area is 184 Å². The number of methoxy groups -OCH3 is 1. The molecule has 0 fully saturated rings. The lowest BCUT2D eigenvalue weighted by atomic mass is 10.1. The maximum absolute atomic E-state index is 12.1. The van der Waals surface area contributed by atoms with Crippen LogP contribution in [0.5, 0.6) is 6.01 Å². The van der Waals surface area contributed by atoms with E-state index in [4.69, 9.17) is 14.7 Å². The van der Waals surface area contributed by atoms with Crippen LogP contribution in [0.25, 0.3) is 0 Å². The van der Waals surface area contributed by atoms with Gasteiger partial charge in [0.15, 0.2) is 6.61 Å². The minimum Gasteiger partial charge on any atom is -0.467 e. The predicted molar refractivity (Wildman–Crippen MR) is 111 cm³/mol. The number of aromatic nitrogens is 2. The molecule has 1 aromatic carbocycles. The number of carbonyl (C=O) groups is 1. The third-order valence-corrected chi connectivity index (χ3v) is 5.64. The second kappa shape index (κ2) is 11.5. The fraction of sp³-hybridized carbons (Fsp3) is 0.450. The molecule has 0 amide bonds. The summed E-state index contributed by atoms with van der Waals surface area (Å²) in [4.78, 5) is 38.7. The number of thioether (sulfide) groups is 1. The zero-order valence-electron chi connectivity index (χ0n) is 17.2. The third-order valence-electron chi connectivity index (χ3n) is 4.60. The van der Waals surface area contributed by atoms with Crippen molar-refractivity contribution in [2.75, 3.05) is 32.6 Å². The summed E-state index contributed by atoms with van der Waals surface area (Å²) < 4.78 is 10.4. The van der Waals surface area contributed by atoms with Crippen LogP contribution in [0.2, 0.25) is 0 Å². The minimum atomic E-state index is -0.582. The van der Waals surface area contributed by atoms with E-state index in [2.05, 4.69) is 19.7 Å². The lowest BCUT2D eigenvalue weighted by Gasteiger charge is -2.19. The Kier molecular flexibility index (Phi) is 8.42. The summed E-state index contributed by atoms with van der Waals surface area (Å²) in [5, 5.41) is 7.72. The fourth-order valence-electron chi connectivity index (χ4n) is 3.03. The molecule has 10 nitrogen and oxygen atoms in total. The minimum absolute atomic E-state index is 0.0601. The van der Waals surface area contributed by atoms with Gasteiger partial charge in [-0.25, -0.2) is 15.0 Å². The smallest absolute Gasteiger partial charge is 0.467 e. The van der Waals surface area contributed by atoms with E-state index in [0.29, 0.717) is 31.0 Å². The van der Waals surface area contributed by atoms with Crippen molar-refractivity contribution in [2.45, 2.75) is 30.8 Å². The molecule has 3 rings (SSSR count). The molecule has 0 atom stereocenters. The van der Waals surface area contributed by atoms with E-state index in [1.165, 1.54) is 0 Å². The van der Waals surface area contributed by atoms with Crippen LogP contribution in [-0.4, -0.2) is 63.8 Å². The Bertz CT molecular complexity index is 896. The van der Waals surface area contributed by atoms with E-state index >= 15 is 0 Å². The van der Waals surface area contributed by atoms with Gasteiger partial charge in [0.25, 0.3) is 0 Å². The summed E-state index contributed by atoms with van der Waals surface area (Å²) in [7, 11) is 1.56. The summed E-state index contributed by atoms with van der Waals surface area (Å²) in [5.41, 5.74) is 2.53. The van der Waals surface area contributed by atoms with Crippen LogP contribution in [0, 0.1) is 4.91 Å². The summed E-state index contributed by atoms with van der Waals surface area (Å²) in [6.45, 7) is 2.63. The highest BCUT2D eigenvalue weighted by Gasteiger charge is 2.18. The first-order valence-electron chi connectivity index (χ1n) is 9.85. The van der Waals surface area contributed by atoms with Crippen molar-refractivity contribution in [2.24, 2.45) is 0 Å². The number of carbonyl (C=O) groups excluding carboxylic acids is 1. The van der Waals surface area contributed by atoms with Gasteiger partial charge >= 0.3 is 17.1 Å². The first kappa shape index (κ1) is 22.8. The molecule has 1 N–H and O–H groups in total. The standard InChI is InChI=1S/C20H25N4O6S/c1-28-20-21-12-18-17(22-20)14-23(8-11-31-18)13-15-4-6-16(7-5-15)19(25)29-9-2-3-10-30-24(26)27/h4-7,12H,2-3,8-11,13-14H2,1H3,(H,26,27)/q+1. The monoisotopic (exact) mass is 449 g/mol. The topological polar surface area (TPSA) is 114 Å². The summed E-state index contributed by atoms with van der Waals surface area (Å²) in [6.07, 6.45) is 2.83. The molecule has 0 unspecified atom stereocenters. The molecule has 2 heterocycles. The normalized spacial score (nSPS) is 13.7. The van der Waals surface area contributed by atoms with Gasteiger partial charge in [-0.3, -0.25) is 4.90 Å². The molecule has 0 saturated heterocycles. The number of unbranched alkanes of at least 4 members (excludes halogenated alkanes) is 1. The van der Waals surface area contributed by atoms with Gasteiger partial charge < -0.3 is 9.47 Å². The highest BCUT2D eigenvalue weighted by molar-refractivity contribution is 7.99. The lowest BCUT2D eigenvalue weighted by Crippen LogP contribution is -2.24. The van der Waals surface area contributed by atoms with E-state index < -0.39 is 11.1 Å². The highest BCUT2D eigenvalue weighted by atomic mass is 32.2. The number of fused-ring (bicyclic) bond motifs is 1. The van der Waals surface area contributed by atoms with E-state index in [9.17, 15) is 9.70 Å². The average Bonchev–Trinajstić information content (AvgIpc) is 2.97. The van der Waals surface area contributed by atoms with Crippen molar-refractivity contribution in [3.05, 3.63) is 52.2 Å². The molecule has 166 valence electrons. The number of benzene rings is 1. The van der Waals surface area contributed by atoms with Gasteiger partial charge in [-0.2, -0.15) is 9.82 Å². The highest BCUT2D eigenvalue weighted by Crippen LogP contribution is 2.27. The molecular weight excluding hydrogens is 424 g/mol. The van der Waals surface area contributed by atoms with Crippen molar-refractivity contribution in [3.8, 4) is 6.01 Å². The summed E-state index contributed by atoms with van der Waals surface area (Å²) >= 11 is 1.74. The first-order valence-corrected chi connectivity index (χ1v) is 10.8. The van der Waals surface area contributed by atoms with Gasteiger partial charge in [0.05, 0.1) is 25.0 Å². The Morgan fingerprint density at radius 3 is 2.77 bits per heavy atom. The van der Waals surface area contributed by atoms with Crippen LogP contribution < -0.4 is 4.74 Å². The van der Waals surface area contributed by atoms with E-state index in [-0.39, 0.29) is 13.2 Å². The fourth-order valence-corrected chi connectivity index (χ4v) is 4.00. The first-order chi connectivity index (χ1) is 15.0. The second-order valence-electron chi connectivity index (χ2n) is 6.84. The van der Waals surface area contributed by atoms with Gasteiger partial charge in [0, 0.05) is 36.5 Å². The molecule has 0 saturated carbocycles.